The van der Waals surface area contributed by atoms with Crippen molar-refractivity contribution in [2.24, 2.45) is 0 Å². The molecule has 2 heterocycles. The molecule has 0 radical (unpaired) electrons. The number of rotatable bonds is 20. The maximum atomic E-state index is 14.1. The number of carbonyl (C=O) groups is 3. The van der Waals surface area contributed by atoms with Crippen LogP contribution in [0.25, 0.3) is 0 Å². The molecular weight excluding hydrogens is 901 g/mol. The SMILES string of the molecule is CO[C@H]1O[C@H](C(O)O[C@H]2O[C@H](CO)[C@@H](OCc3ccccc3)[C@H](OCc3ccccc3)[C@H]2OCc2ccccc2)[C@@H](OC(=O)c2ccccc2)[C@H](OC(=O)c2ccccc2)[C@H]1OC(=O)c1ccccc1. The first-order valence-electron chi connectivity index (χ1n) is 22.8. The van der Waals surface area contributed by atoms with Crippen molar-refractivity contribution in [3.63, 3.8) is 0 Å². The lowest BCUT2D eigenvalue weighted by atomic mass is 9.96. The summed E-state index contributed by atoms with van der Waals surface area (Å²) in [4.78, 5) is 41.9. The Bertz CT molecular complexity index is 2520. The first-order valence-corrected chi connectivity index (χ1v) is 22.8. The number of methoxy groups -OCH3 is 1. The van der Waals surface area contributed by atoms with Gasteiger partial charge in [-0.1, -0.05) is 146 Å². The first-order chi connectivity index (χ1) is 34.3. The van der Waals surface area contributed by atoms with Crippen LogP contribution in [0.1, 0.15) is 47.8 Å². The molecule has 2 aliphatic rings. The van der Waals surface area contributed by atoms with Crippen LogP contribution in [-0.2, 0) is 67.2 Å². The van der Waals surface area contributed by atoms with Crippen molar-refractivity contribution in [3.05, 3.63) is 215 Å². The van der Waals surface area contributed by atoms with E-state index >= 15 is 0 Å². The molecule has 6 aromatic carbocycles. The second-order valence-electron chi connectivity index (χ2n) is 16.4. The highest BCUT2D eigenvalue weighted by molar-refractivity contribution is 5.91. The Labute approximate surface area is 405 Å². The number of ether oxygens (including phenoxy) is 10. The highest BCUT2D eigenvalue weighted by Crippen LogP contribution is 2.36. The van der Waals surface area contributed by atoms with Crippen molar-refractivity contribution in [1.29, 1.82) is 0 Å². The molecule has 11 atom stereocenters. The Balaban J connectivity index is 1.16. The minimum absolute atomic E-state index is 0.0280. The summed E-state index contributed by atoms with van der Waals surface area (Å²) in [5.41, 5.74) is 2.85. The van der Waals surface area contributed by atoms with Crippen molar-refractivity contribution in [1.82, 2.24) is 0 Å². The summed E-state index contributed by atoms with van der Waals surface area (Å²) in [5, 5.41) is 23.4. The third-order valence-corrected chi connectivity index (χ3v) is 11.7. The molecule has 0 amide bonds. The van der Waals surface area contributed by atoms with E-state index in [4.69, 9.17) is 47.4 Å². The number of esters is 3. The lowest BCUT2D eigenvalue weighted by Gasteiger charge is -2.48. The van der Waals surface area contributed by atoms with Gasteiger partial charge in [-0.05, 0) is 53.1 Å². The standard InChI is InChI=1S/C55H54O15/c1-61-54-49(68-52(59)41-30-18-7-19-31-41)46(67-51(58)40-28-16-6-17-29-40)45(66-50(57)39-26-14-5-15-27-39)47(69-54)53(60)70-55-48(64-35-38-24-12-4-13-25-38)44(63-34-37-22-10-3-11-23-37)43(42(32-56)65-55)62-33-36-20-8-2-9-21-36/h2-31,42-49,53-56,60H,32-35H2,1H3/t42-,43-,44+,45+,46+,47+,48-,49-,53?,54+,55-/m1/s1. The zero-order valence-corrected chi connectivity index (χ0v) is 38.2. The number of carbonyl (C=O) groups excluding carboxylic acids is 3. The summed E-state index contributed by atoms with van der Waals surface area (Å²) < 4.78 is 63.2. The van der Waals surface area contributed by atoms with Gasteiger partial charge in [0.15, 0.2) is 43.3 Å². The van der Waals surface area contributed by atoms with Crippen LogP contribution in [0.2, 0.25) is 0 Å². The van der Waals surface area contributed by atoms with Crippen molar-refractivity contribution >= 4 is 17.9 Å². The predicted molar refractivity (Wildman–Crippen MR) is 251 cm³/mol. The molecule has 364 valence electrons. The van der Waals surface area contributed by atoms with Gasteiger partial charge in [0.1, 0.15) is 24.4 Å². The molecule has 2 saturated heterocycles. The summed E-state index contributed by atoms with van der Waals surface area (Å²) in [6.07, 6.45) is -16.3. The second-order valence-corrected chi connectivity index (χ2v) is 16.4. The van der Waals surface area contributed by atoms with Crippen LogP contribution in [-0.4, -0.2) is 110 Å². The third kappa shape index (κ3) is 12.8. The monoisotopic (exact) mass is 954 g/mol. The summed E-state index contributed by atoms with van der Waals surface area (Å²) in [5.74, 6) is -2.62. The maximum absolute atomic E-state index is 14.1. The van der Waals surface area contributed by atoms with Crippen LogP contribution in [0.5, 0.6) is 0 Å². The van der Waals surface area contributed by atoms with Gasteiger partial charge < -0.3 is 57.6 Å². The molecule has 8 rings (SSSR count). The van der Waals surface area contributed by atoms with Gasteiger partial charge in [0, 0.05) is 7.11 Å². The quantitative estimate of drug-likeness (QED) is 0.0460. The minimum Gasteiger partial charge on any atom is -0.452 e. The fourth-order valence-electron chi connectivity index (χ4n) is 8.16. The van der Waals surface area contributed by atoms with Gasteiger partial charge in [0.2, 0.25) is 0 Å². The molecule has 1 unspecified atom stereocenters. The molecule has 0 spiro atoms. The molecule has 70 heavy (non-hydrogen) atoms. The Kier molecular flexibility index (Phi) is 17.6. The number of benzene rings is 6. The zero-order chi connectivity index (χ0) is 48.7. The van der Waals surface area contributed by atoms with Gasteiger partial charge >= 0.3 is 17.9 Å². The smallest absolute Gasteiger partial charge is 0.338 e. The Hall–Kier alpha value is -6.63. The minimum atomic E-state index is -2.11. The number of hydrogen-bond acceptors (Lipinski definition) is 15. The van der Waals surface area contributed by atoms with E-state index in [1.165, 1.54) is 43.5 Å². The Morgan fingerprint density at radius 3 is 1.24 bits per heavy atom. The van der Waals surface area contributed by atoms with E-state index in [9.17, 15) is 24.6 Å². The number of aliphatic hydroxyl groups is 2. The number of hydrogen-bond donors (Lipinski definition) is 2. The van der Waals surface area contributed by atoms with Gasteiger partial charge in [-0.15, -0.1) is 0 Å². The van der Waals surface area contributed by atoms with Crippen molar-refractivity contribution < 1.29 is 72.0 Å². The molecule has 2 aliphatic heterocycles. The van der Waals surface area contributed by atoms with Crippen molar-refractivity contribution in [2.75, 3.05) is 13.7 Å². The topological polar surface area (TPSA) is 184 Å². The lowest BCUT2D eigenvalue weighted by molar-refractivity contribution is -0.380. The molecule has 15 heteroatoms. The molecule has 2 fully saturated rings. The number of aliphatic hydroxyl groups excluding tert-OH is 2. The van der Waals surface area contributed by atoms with Crippen LogP contribution >= 0.6 is 0 Å². The fraction of sp³-hybridized carbons (Fsp3) is 0.291. The summed E-state index contributed by atoms with van der Waals surface area (Å²) in [7, 11) is 1.26. The summed E-state index contributed by atoms with van der Waals surface area (Å²) >= 11 is 0. The summed E-state index contributed by atoms with van der Waals surface area (Å²) in [6.45, 7) is -0.329. The highest BCUT2D eigenvalue weighted by Gasteiger charge is 2.57. The third-order valence-electron chi connectivity index (χ3n) is 11.7. The van der Waals surface area contributed by atoms with Gasteiger partial charge in [0.25, 0.3) is 0 Å². The van der Waals surface area contributed by atoms with Crippen LogP contribution in [0.4, 0.5) is 0 Å². The van der Waals surface area contributed by atoms with E-state index in [1.54, 1.807) is 54.6 Å². The molecule has 6 aromatic rings. The van der Waals surface area contributed by atoms with Crippen molar-refractivity contribution in [3.8, 4) is 0 Å². The van der Waals surface area contributed by atoms with Crippen LogP contribution in [0.3, 0.4) is 0 Å². The average Bonchev–Trinajstić information content (AvgIpc) is 3.41. The maximum Gasteiger partial charge on any atom is 0.338 e. The lowest BCUT2D eigenvalue weighted by Crippen LogP contribution is -2.66. The van der Waals surface area contributed by atoms with E-state index in [0.717, 1.165) is 16.7 Å². The van der Waals surface area contributed by atoms with Crippen LogP contribution in [0.15, 0.2) is 182 Å². The van der Waals surface area contributed by atoms with Gasteiger partial charge in [-0.2, -0.15) is 0 Å². The molecule has 0 aliphatic carbocycles. The van der Waals surface area contributed by atoms with E-state index in [0.29, 0.717) is 0 Å². The predicted octanol–water partition coefficient (Wildman–Crippen LogP) is 6.84. The van der Waals surface area contributed by atoms with E-state index in [-0.39, 0.29) is 36.5 Å². The normalized spacial score (nSPS) is 24.7. The van der Waals surface area contributed by atoms with Gasteiger partial charge in [-0.3, -0.25) is 0 Å². The van der Waals surface area contributed by atoms with E-state index in [2.05, 4.69) is 0 Å². The highest BCUT2D eigenvalue weighted by atomic mass is 16.8. The zero-order valence-electron chi connectivity index (χ0n) is 38.2. The van der Waals surface area contributed by atoms with Crippen molar-refractivity contribution in [2.45, 2.75) is 87.5 Å². The first kappa shape index (κ1) is 49.8. The van der Waals surface area contributed by atoms with E-state index < -0.39 is 92.2 Å². The molecular formula is C55H54O15. The van der Waals surface area contributed by atoms with Crippen LogP contribution < -0.4 is 0 Å². The van der Waals surface area contributed by atoms with Gasteiger partial charge in [0.05, 0.1) is 43.1 Å². The molecule has 2 N–H and O–H groups in total. The van der Waals surface area contributed by atoms with Gasteiger partial charge in [-0.25, -0.2) is 14.4 Å². The summed E-state index contributed by atoms with van der Waals surface area (Å²) in [6, 6.07) is 52.3. The molecule has 0 aromatic heterocycles. The van der Waals surface area contributed by atoms with Crippen LogP contribution in [0, 0.1) is 0 Å². The second kappa shape index (κ2) is 24.8. The Morgan fingerprint density at radius 1 is 0.457 bits per heavy atom. The largest absolute Gasteiger partial charge is 0.452 e. The Morgan fingerprint density at radius 2 is 0.829 bits per heavy atom. The molecule has 15 nitrogen and oxygen atoms in total. The average molecular weight is 955 g/mol. The molecule has 0 saturated carbocycles. The van der Waals surface area contributed by atoms with E-state index in [1.807, 2.05) is 91.0 Å². The fourth-order valence-corrected chi connectivity index (χ4v) is 8.16. The molecule has 0 bridgehead atoms.